The van der Waals surface area contributed by atoms with E-state index < -0.39 is 0 Å². The zero-order valence-corrected chi connectivity index (χ0v) is 10.7. The number of rotatable bonds is 8. The summed E-state index contributed by atoms with van der Waals surface area (Å²) in [5.41, 5.74) is 0. The van der Waals surface area contributed by atoms with Crippen molar-refractivity contribution in [3.8, 4) is 0 Å². The molecule has 2 heteroatoms. The van der Waals surface area contributed by atoms with E-state index in [-0.39, 0.29) is 0 Å². The highest BCUT2D eigenvalue weighted by molar-refractivity contribution is 8.28. The van der Waals surface area contributed by atoms with E-state index in [4.69, 9.17) is 0 Å². The summed E-state index contributed by atoms with van der Waals surface area (Å²) in [6.45, 7) is 4.65. The van der Waals surface area contributed by atoms with Crippen molar-refractivity contribution in [2.24, 2.45) is 5.92 Å². The molecule has 14 heavy (non-hydrogen) atoms. The zero-order valence-electron chi connectivity index (χ0n) is 9.93. The highest BCUT2D eigenvalue weighted by atomic mass is 32.2. The van der Waals surface area contributed by atoms with Crippen molar-refractivity contribution >= 4 is 17.6 Å². The summed E-state index contributed by atoms with van der Waals surface area (Å²) in [6, 6.07) is 0. The Balaban J connectivity index is 1.71. The molecule has 0 saturated carbocycles. The van der Waals surface area contributed by atoms with Gasteiger partial charge in [0.25, 0.3) is 0 Å². The fourth-order valence-electron chi connectivity index (χ4n) is 1.97. The van der Waals surface area contributed by atoms with Gasteiger partial charge in [0, 0.05) is 0 Å². The molecule has 0 spiro atoms. The molecule has 0 amide bonds. The Morgan fingerprint density at radius 1 is 1.07 bits per heavy atom. The lowest BCUT2D eigenvalue weighted by atomic mass is 9.66. The van der Waals surface area contributed by atoms with Crippen LogP contribution in [-0.2, 0) is 0 Å². The second-order valence-electron chi connectivity index (χ2n) is 5.02. The largest absolute Gasteiger partial charge is 0.211 e. The van der Waals surface area contributed by atoms with Crippen molar-refractivity contribution < 1.29 is 0 Å². The maximum Gasteiger partial charge on any atom is 0.210 e. The Morgan fingerprint density at radius 3 is 2.29 bits per heavy atom. The molecule has 82 valence electrons. The third kappa shape index (κ3) is 6.00. The van der Waals surface area contributed by atoms with Gasteiger partial charge >= 0.3 is 0 Å². The predicted molar refractivity (Wildman–Crippen MR) is 70.4 cm³/mol. The van der Waals surface area contributed by atoms with Crippen LogP contribution in [-0.4, -0.2) is 11.7 Å². The van der Waals surface area contributed by atoms with Crippen LogP contribution < -0.4 is 0 Å². The zero-order chi connectivity index (χ0) is 10.2. The minimum atomic E-state index is 0.904. The predicted octanol–water partition coefficient (Wildman–Crippen LogP) is 4.72. The van der Waals surface area contributed by atoms with Gasteiger partial charge in [0.2, 0.25) is 5.99 Å². The van der Waals surface area contributed by atoms with Crippen LogP contribution in [0.2, 0.25) is 12.6 Å². The Bertz CT molecular complexity index is 132. The molecular weight excluding hydrogens is 187 g/mol. The lowest BCUT2D eigenvalue weighted by Gasteiger charge is -2.21. The maximum atomic E-state index is 2.33. The van der Waals surface area contributed by atoms with E-state index in [1.54, 1.807) is 0 Å². The van der Waals surface area contributed by atoms with Crippen molar-refractivity contribution in [2.75, 3.05) is 5.75 Å². The number of unbranched alkanes of at least 4 members (excludes halogenated alkanes) is 4. The monoisotopic (exact) mass is 212 g/mol. The Kier molecular flexibility index (Phi) is 6.84. The highest BCUT2D eigenvalue weighted by Crippen LogP contribution is 2.29. The molecule has 0 aliphatic carbocycles. The molecule has 0 aromatic rings. The summed E-state index contributed by atoms with van der Waals surface area (Å²) in [5.74, 6) is 3.38. The summed E-state index contributed by atoms with van der Waals surface area (Å²) in [6.07, 6.45) is 11.8. The maximum absolute atomic E-state index is 2.33. The topological polar surface area (TPSA) is 0 Å². The quantitative estimate of drug-likeness (QED) is 0.414. The average molecular weight is 212 g/mol. The summed E-state index contributed by atoms with van der Waals surface area (Å²) in [4.78, 5) is 0. The van der Waals surface area contributed by atoms with Gasteiger partial charge < -0.3 is 0 Å². The third-order valence-electron chi connectivity index (χ3n) is 3.10. The lowest BCUT2D eigenvalue weighted by molar-refractivity contribution is 0.518. The van der Waals surface area contributed by atoms with Crippen molar-refractivity contribution in [1.82, 2.24) is 0 Å². The van der Waals surface area contributed by atoms with E-state index in [0.29, 0.717) is 0 Å². The van der Waals surface area contributed by atoms with E-state index in [1.165, 1.54) is 56.9 Å². The molecule has 1 aliphatic heterocycles. The van der Waals surface area contributed by atoms with E-state index in [2.05, 4.69) is 25.5 Å². The van der Waals surface area contributed by atoms with E-state index in [0.717, 1.165) is 11.9 Å². The minimum absolute atomic E-state index is 0.904. The first kappa shape index (κ1) is 12.5. The highest BCUT2D eigenvalue weighted by Gasteiger charge is 2.21. The van der Waals surface area contributed by atoms with Gasteiger partial charge in [-0.3, -0.25) is 0 Å². The van der Waals surface area contributed by atoms with Crippen LogP contribution in [0.15, 0.2) is 0 Å². The molecule has 1 aliphatic rings. The first-order chi connectivity index (χ1) is 6.79. The standard InChI is InChI=1S/C12H25BS/c1-12(2)8-6-4-3-5-7-9-13-10-11-14-13/h12H,3-11H2,1-2H3. The van der Waals surface area contributed by atoms with Gasteiger partial charge in [-0.2, -0.15) is 0 Å². The van der Waals surface area contributed by atoms with Gasteiger partial charge in [-0.25, -0.2) is 11.6 Å². The molecule has 1 saturated heterocycles. The van der Waals surface area contributed by atoms with Gasteiger partial charge in [-0.05, 0) is 11.7 Å². The average Bonchev–Trinajstić information content (AvgIpc) is 2.06. The van der Waals surface area contributed by atoms with Crippen LogP contribution >= 0.6 is 11.6 Å². The lowest BCUT2D eigenvalue weighted by Crippen LogP contribution is -2.18. The van der Waals surface area contributed by atoms with Crippen LogP contribution in [0.5, 0.6) is 0 Å². The number of hydrogen-bond donors (Lipinski definition) is 0. The van der Waals surface area contributed by atoms with Crippen molar-refractivity contribution in [1.29, 1.82) is 0 Å². The normalized spacial score (nSPS) is 16.1. The van der Waals surface area contributed by atoms with Crippen LogP contribution in [0.1, 0.15) is 52.4 Å². The molecule has 0 nitrogen and oxygen atoms in total. The van der Waals surface area contributed by atoms with Crippen LogP contribution in [0.25, 0.3) is 0 Å². The second-order valence-corrected chi connectivity index (χ2v) is 6.43. The van der Waals surface area contributed by atoms with Crippen LogP contribution in [0.3, 0.4) is 0 Å². The first-order valence-corrected chi connectivity index (χ1v) is 7.45. The minimum Gasteiger partial charge on any atom is -0.211 e. The van der Waals surface area contributed by atoms with Crippen molar-refractivity contribution in [3.63, 3.8) is 0 Å². The Hall–Kier alpha value is 0.415. The van der Waals surface area contributed by atoms with Gasteiger partial charge in [-0.15, -0.1) is 0 Å². The van der Waals surface area contributed by atoms with Gasteiger partial charge in [-0.1, -0.05) is 65.0 Å². The van der Waals surface area contributed by atoms with Gasteiger partial charge in [0.05, 0.1) is 0 Å². The van der Waals surface area contributed by atoms with Crippen molar-refractivity contribution in [3.05, 3.63) is 0 Å². The molecule has 0 bridgehead atoms. The molecule has 1 heterocycles. The molecule has 1 fully saturated rings. The van der Waals surface area contributed by atoms with E-state index in [9.17, 15) is 0 Å². The summed E-state index contributed by atoms with van der Waals surface area (Å²) in [5, 5.41) is 0. The third-order valence-corrected chi connectivity index (χ3v) is 4.52. The molecule has 0 N–H and O–H groups in total. The summed E-state index contributed by atoms with van der Waals surface area (Å²) < 4.78 is 0. The molecular formula is C12H25BS. The van der Waals surface area contributed by atoms with Crippen LogP contribution in [0, 0.1) is 5.92 Å². The SMILES string of the molecule is CC(C)CCCCCCCB1CCS1. The first-order valence-electron chi connectivity index (χ1n) is 6.40. The van der Waals surface area contributed by atoms with E-state index >= 15 is 0 Å². The van der Waals surface area contributed by atoms with E-state index in [1.807, 2.05) is 0 Å². The number of hydrogen-bond acceptors (Lipinski definition) is 1. The molecule has 1 rings (SSSR count). The van der Waals surface area contributed by atoms with Gasteiger partial charge in [0.1, 0.15) is 0 Å². The smallest absolute Gasteiger partial charge is 0.210 e. The van der Waals surface area contributed by atoms with Gasteiger partial charge in [0.15, 0.2) is 0 Å². The molecule has 0 aromatic heterocycles. The Labute approximate surface area is 94.6 Å². The molecule has 0 radical (unpaired) electrons. The summed E-state index contributed by atoms with van der Waals surface area (Å²) in [7, 11) is 0. The van der Waals surface area contributed by atoms with Crippen LogP contribution in [0.4, 0.5) is 0 Å². The summed E-state index contributed by atoms with van der Waals surface area (Å²) >= 11 is 2.18. The van der Waals surface area contributed by atoms with Crippen molar-refractivity contribution in [2.45, 2.75) is 65.0 Å². The fraction of sp³-hybridized carbons (Fsp3) is 1.00. The Morgan fingerprint density at radius 2 is 1.71 bits per heavy atom. The molecule has 0 unspecified atom stereocenters. The fourth-order valence-corrected chi connectivity index (χ4v) is 2.87. The molecule has 0 atom stereocenters. The second kappa shape index (κ2) is 7.67. The molecule has 0 aromatic carbocycles.